The highest BCUT2D eigenvalue weighted by molar-refractivity contribution is 7.91. The highest BCUT2D eigenvalue weighted by Gasteiger charge is 2.31. The Balaban J connectivity index is 1.63. The summed E-state index contributed by atoms with van der Waals surface area (Å²) in [6.07, 6.45) is 0.566. The average molecular weight is 461 g/mol. The highest BCUT2D eigenvalue weighted by atomic mass is 32.2. The van der Waals surface area contributed by atoms with Crippen LogP contribution in [0.4, 0.5) is 4.39 Å². The number of hydrogen-bond donors (Lipinski definition) is 2. The maximum atomic E-state index is 13.2. The van der Waals surface area contributed by atoms with Gasteiger partial charge in [-0.1, -0.05) is 36.4 Å². The Morgan fingerprint density at radius 3 is 2.23 bits per heavy atom. The minimum Gasteiger partial charge on any atom is -0.348 e. The van der Waals surface area contributed by atoms with Crippen molar-refractivity contribution >= 4 is 33.0 Å². The molecule has 0 spiro atoms. The van der Waals surface area contributed by atoms with Crippen molar-refractivity contribution in [2.45, 2.75) is 16.6 Å². The maximum Gasteiger partial charge on any atom is 0.309 e. The Hall–Kier alpha value is -3.04. The smallest absolute Gasteiger partial charge is 0.309 e. The minimum atomic E-state index is -3.92. The fraction of sp³-hybridized carbons (Fsp3) is 0.182. The van der Waals surface area contributed by atoms with Crippen molar-refractivity contribution in [3.8, 4) is 0 Å². The van der Waals surface area contributed by atoms with E-state index in [2.05, 4.69) is 10.6 Å². The van der Waals surface area contributed by atoms with E-state index in [4.69, 9.17) is 0 Å². The molecule has 0 radical (unpaired) electrons. The Kier molecular flexibility index (Phi) is 7.54. The number of halogens is 1. The second-order valence-corrected chi connectivity index (χ2v) is 9.81. The van der Waals surface area contributed by atoms with E-state index in [9.17, 15) is 22.4 Å². The summed E-state index contributed by atoms with van der Waals surface area (Å²) in [6.45, 7) is -0.0103. The molecule has 6 nitrogen and oxygen atoms in total. The van der Waals surface area contributed by atoms with Gasteiger partial charge in [-0.15, -0.1) is 11.3 Å². The molecule has 0 bridgehead atoms. The topological polar surface area (TPSA) is 92.3 Å². The summed E-state index contributed by atoms with van der Waals surface area (Å²) in [5.74, 6) is -2.30. The number of rotatable bonds is 8. The van der Waals surface area contributed by atoms with Crippen LogP contribution in [0.25, 0.3) is 0 Å². The van der Waals surface area contributed by atoms with Crippen molar-refractivity contribution in [1.82, 2.24) is 10.6 Å². The number of carbonyl (C=O) groups is 2. The highest BCUT2D eigenvalue weighted by Crippen LogP contribution is 2.31. The zero-order valence-electron chi connectivity index (χ0n) is 16.5. The molecule has 0 saturated carbocycles. The first kappa shape index (κ1) is 22.6. The van der Waals surface area contributed by atoms with E-state index < -0.39 is 32.7 Å². The molecule has 1 atom stereocenters. The van der Waals surface area contributed by atoms with Gasteiger partial charge in [-0.25, -0.2) is 12.8 Å². The van der Waals surface area contributed by atoms with Gasteiger partial charge in [0.15, 0.2) is 9.84 Å². The van der Waals surface area contributed by atoms with E-state index in [0.717, 1.165) is 17.7 Å². The fourth-order valence-electron chi connectivity index (χ4n) is 2.94. The van der Waals surface area contributed by atoms with Gasteiger partial charge in [0.25, 0.3) is 0 Å². The van der Waals surface area contributed by atoms with Gasteiger partial charge in [0.2, 0.25) is 0 Å². The normalized spacial score (nSPS) is 12.2. The van der Waals surface area contributed by atoms with Crippen LogP contribution >= 0.6 is 11.3 Å². The number of carbonyl (C=O) groups excluding carboxylic acids is 2. The number of benzene rings is 2. The maximum absolute atomic E-state index is 13.2. The van der Waals surface area contributed by atoms with E-state index in [1.807, 2.05) is 30.3 Å². The summed E-state index contributed by atoms with van der Waals surface area (Å²) in [7, 11) is -3.92. The molecule has 1 aromatic heterocycles. The second-order valence-electron chi connectivity index (χ2n) is 6.70. The van der Waals surface area contributed by atoms with Crippen molar-refractivity contribution in [2.24, 2.45) is 0 Å². The zero-order chi connectivity index (χ0) is 22.3. The van der Waals surface area contributed by atoms with Gasteiger partial charge in [-0.05, 0) is 47.7 Å². The van der Waals surface area contributed by atoms with E-state index in [-0.39, 0.29) is 18.0 Å². The van der Waals surface area contributed by atoms with Crippen molar-refractivity contribution in [3.05, 3.63) is 88.4 Å². The van der Waals surface area contributed by atoms with E-state index >= 15 is 0 Å². The van der Waals surface area contributed by atoms with Gasteiger partial charge in [0.1, 0.15) is 11.1 Å². The van der Waals surface area contributed by atoms with Gasteiger partial charge in [-0.2, -0.15) is 0 Å². The molecular formula is C22H21FN2O4S2. The molecule has 2 amide bonds. The molecule has 162 valence electrons. The van der Waals surface area contributed by atoms with Crippen LogP contribution in [0.2, 0.25) is 0 Å². The third-order valence-electron chi connectivity index (χ3n) is 4.57. The lowest BCUT2D eigenvalue weighted by molar-refractivity contribution is -0.139. The van der Waals surface area contributed by atoms with Crippen molar-refractivity contribution < 1.29 is 22.4 Å². The van der Waals surface area contributed by atoms with Gasteiger partial charge >= 0.3 is 11.8 Å². The summed E-state index contributed by atoms with van der Waals surface area (Å²) in [4.78, 5) is 24.7. The Morgan fingerprint density at radius 2 is 1.58 bits per heavy atom. The van der Waals surface area contributed by atoms with Crippen LogP contribution in [0.5, 0.6) is 0 Å². The van der Waals surface area contributed by atoms with Crippen LogP contribution in [-0.2, 0) is 25.8 Å². The van der Waals surface area contributed by atoms with Crippen molar-refractivity contribution in [3.63, 3.8) is 0 Å². The molecular weight excluding hydrogens is 439 g/mol. The molecule has 2 aromatic carbocycles. The third-order valence-corrected chi connectivity index (χ3v) is 7.81. The van der Waals surface area contributed by atoms with Crippen LogP contribution < -0.4 is 10.6 Å². The zero-order valence-corrected chi connectivity index (χ0v) is 18.1. The molecule has 0 aliphatic carbocycles. The lowest BCUT2D eigenvalue weighted by Gasteiger charge is -2.17. The molecule has 0 saturated heterocycles. The van der Waals surface area contributed by atoms with E-state index in [1.54, 1.807) is 17.5 Å². The third kappa shape index (κ3) is 5.99. The monoisotopic (exact) mass is 460 g/mol. The van der Waals surface area contributed by atoms with Crippen LogP contribution in [0.1, 0.15) is 15.7 Å². The Labute approximate surface area is 184 Å². The van der Waals surface area contributed by atoms with Crippen LogP contribution in [0, 0.1) is 5.82 Å². The minimum absolute atomic E-state index is 0.0612. The molecule has 9 heteroatoms. The summed E-state index contributed by atoms with van der Waals surface area (Å²) >= 11 is 1.22. The molecule has 3 aromatic rings. The summed E-state index contributed by atoms with van der Waals surface area (Å²) in [6, 6.07) is 17.3. The van der Waals surface area contributed by atoms with Crippen molar-refractivity contribution in [2.75, 3.05) is 13.1 Å². The fourth-order valence-corrected chi connectivity index (χ4v) is 5.72. The van der Waals surface area contributed by atoms with Crippen LogP contribution in [0.3, 0.4) is 0 Å². The predicted molar refractivity (Wildman–Crippen MR) is 117 cm³/mol. The Morgan fingerprint density at radius 1 is 0.903 bits per heavy atom. The number of sulfone groups is 1. The quantitative estimate of drug-likeness (QED) is 0.399. The molecule has 0 fully saturated rings. The first-order valence-electron chi connectivity index (χ1n) is 9.51. The first-order valence-corrected chi connectivity index (χ1v) is 11.9. The molecule has 3 rings (SSSR count). The van der Waals surface area contributed by atoms with Crippen LogP contribution in [0.15, 0.2) is 77.0 Å². The first-order chi connectivity index (χ1) is 14.9. The number of amides is 2. The predicted octanol–water partition coefficient (Wildman–Crippen LogP) is 2.88. The molecule has 31 heavy (non-hydrogen) atoms. The number of thiophene rings is 1. The number of hydrogen-bond acceptors (Lipinski definition) is 5. The summed E-state index contributed by atoms with van der Waals surface area (Å²) < 4.78 is 39.4. The van der Waals surface area contributed by atoms with Gasteiger partial charge in [0.05, 0.1) is 4.90 Å². The van der Waals surface area contributed by atoms with Gasteiger partial charge in [-0.3, -0.25) is 9.59 Å². The summed E-state index contributed by atoms with van der Waals surface area (Å²) in [5, 5.41) is 5.56. The average Bonchev–Trinajstić information content (AvgIpc) is 3.29. The molecule has 2 N–H and O–H groups in total. The van der Waals surface area contributed by atoms with E-state index in [0.29, 0.717) is 11.3 Å². The largest absolute Gasteiger partial charge is 0.348 e. The number of nitrogens with one attached hydrogen (secondary N) is 2. The van der Waals surface area contributed by atoms with Gasteiger partial charge in [0, 0.05) is 18.0 Å². The molecule has 0 aliphatic rings. The standard InChI is InChI=1S/C22H21FN2O4S2/c23-17-8-10-18(11-9-17)31(28,29)20(19-7-4-14-30-19)15-25-22(27)21(26)24-13-12-16-5-2-1-3-6-16/h1-11,14,20H,12-13,15H2,(H,24,26)(H,25,27)/t20-/m1/s1. The molecule has 0 unspecified atom stereocenters. The molecule has 1 heterocycles. The van der Waals surface area contributed by atoms with Crippen LogP contribution in [-0.4, -0.2) is 33.3 Å². The van der Waals surface area contributed by atoms with E-state index in [1.165, 1.54) is 23.5 Å². The molecule has 0 aliphatic heterocycles. The Bertz CT molecular complexity index is 1120. The lowest BCUT2D eigenvalue weighted by Crippen LogP contribution is -2.42. The van der Waals surface area contributed by atoms with Crippen molar-refractivity contribution in [1.29, 1.82) is 0 Å². The van der Waals surface area contributed by atoms with Gasteiger partial charge < -0.3 is 10.6 Å². The second kappa shape index (κ2) is 10.3. The lowest BCUT2D eigenvalue weighted by atomic mass is 10.1. The summed E-state index contributed by atoms with van der Waals surface area (Å²) in [5.41, 5.74) is 1.02. The SMILES string of the molecule is O=C(NCCc1ccccc1)C(=O)NC[C@H](c1cccs1)S(=O)(=O)c1ccc(F)cc1.